The van der Waals surface area contributed by atoms with Crippen molar-refractivity contribution in [3.8, 4) is 11.6 Å². The quantitative estimate of drug-likeness (QED) is 0.156. The second-order valence-corrected chi connectivity index (χ2v) is 20.3. The molecular weight excluding hydrogens is 637 g/mol. The molecule has 10 heteroatoms. The smallest absolute Gasteiger partial charge is 0.265 e. The highest BCUT2D eigenvalue weighted by atomic mass is 28.4. The Morgan fingerprint density at radius 1 is 0.980 bits per heavy atom. The van der Waals surface area contributed by atoms with Crippen LogP contribution in [0.25, 0.3) is 16.5 Å². The fourth-order valence-corrected chi connectivity index (χ4v) is 9.47. The number of ketones is 2. The number of aromatic hydroxyl groups is 1. The summed E-state index contributed by atoms with van der Waals surface area (Å²) in [5.41, 5.74) is 1.02. The maximum absolute atomic E-state index is 15.5. The molecule has 1 aromatic heterocycles. The average molecular weight is 681 g/mol. The summed E-state index contributed by atoms with van der Waals surface area (Å²) >= 11 is 0. The molecule has 9 nitrogen and oxygen atoms in total. The topological polar surface area (TPSA) is 122 Å². The monoisotopic (exact) mass is 680 g/mol. The number of carbonyl (C=O) groups is 2. The Hall–Kier alpha value is -4.25. The van der Waals surface area contributed by atoms with E-state index >= 15 is 9.59 Å². The van der Waals surface area contributed by atoms with Crippen molar-refractivity contribution < 1.29 is 33.5 Å². The molecular formula is C39H44N2O7Si. The summed E-state index contributed by atoms with van der Waals surface area (Å²) in [4.78, 5) is 32.7. The first kappa shape index (κ1) is 33.3. The van der Waals surface area contributed by atoms with Crippen LogP contribution in [0.5, 0.6) is 11.6 Å². The number of rotatable bonds is 6. The summed E-state index contributed by atoms with van der Waals surface area (Å²) in [5.74, 6) is -1.97. The molecule has 3 aromatic carbocycles. The highest BCUT2D eigenvalue weighted by Gasteiger charge is 2.68. The second kappa shape index (κ2) is 11.4. The minimum Gasteiger partial charge on any atom is -0.507 e. The minimum atomic E-state index is -2.85. The van der Waals surface area contributed by atoms with Crippen molar-refractivity contribution in [2.45, 2.75) is 76.9 Å². The van der Waals surface area contributed by atoms with E-state index in [2.05, 4.69) is 25.9 Å². The number of aryl methyl sites for hydroxylation is 1. The van der Waals surface area contributed by atoms with E-state index in [1.54, 1.807) is 0 Å². The predicted octanol–water partition coefficient (Wildman–Crippen LogP) is 7.71. The zero-order valence-electron chi connectivity index (χ0n) is 29.4. The Kier molecular flexibility index (Phi) is 7.74. The lowest BCUT2D eigenvalue weighted by Crippen LogP contribution is -2.68. The Morgan fingerprint density at radius 2 is 1.63 bits per heavy atom. The first-order valence-electron chi connectivity index (χ1n) is 16.9. The first-order valence-corrected chi connectivity index (χ1v) is 19.8. The number of Topliss-reactive ketones (excluding diaryl/α,β-unsaturated/α-hetero) is 2. The molecule has 0 saturated heterocycles. The van der Waals surface area contributed by atoms with Gasteiger partial charge in [-0.05, 0) is 79.6 Å². The van der Waals surface area contributed by atoms with Crippen LogP contribution in [0, 0.1) is 18.8 Å². The van der Waals surface area contributed by atoms with Gasteiger partial charge in [-0.15, -0.1) is 0 Å². The van der Waals surface area contributed by atoms with Gasteiger partial charge in [0.05, 0.1) is 6.04 Å². The van der Waals surface area contributed by atoms with Crippen molar-refractivity contribution in [1.82, 2.24) is 10.1 Å². The lowest BCUT2D eigenvalue weighted by Gasteiger charge is -2.55. The molecule has 0 amide bonds. The van der Waals surface area contributed by atoms with Crippen molar-refractivity contribution in [3.63, 3.8) is 0 Å². The first-order chi connectivity index (χ1) is 23.1. The fourth-order valence-electron chi connectivity index (χ4n) is 8.02. The summed E-state index contributed by atoms with van der Waals surface area (Å²) in [5, 5.41) is 29.1. The number of phenols is 1. The Bertz CT molecular complexity index is 2040. The van der Waals surface area contributed by atoms with E-state index in [4.69, 9.17) is 13.7 Å². The molecule has 1 heterocycles. The highest BCUT2D eigenvalue weighted by molar-refractivity contribution is 6.74. The van der Waals surface area contributed by atoms with E-state index in [-0.39, 0.29) is 40.2 Å². The van der Waals surface area contributed by atoms with Gasteiger partial charge in [0.1, 0.15) is 23.7 Å². The van der Waals surface area contributed by atoms with Crippen LogP contribution in [0.1, 0.15) is 71.6 Å². The maximum atomic E-state index is 15.5. The summed E-state index contributed by atoms with van der Waals surface area (Å²) in [6.45, 7) is 12.3. The molecule has 2 N–H and O–H groups in total. The number of hydrogen-bond acceptors (Lipinski definition) is 9. The average Bonchev–Trinajstić information content (AvgIpc) is 3.47. The van der Waals surface area contributed by atoms with Crippen LogP contribution < -0.4 is 4.74 Å². The van der Waals surface area contributed by atoms with Crippen LogP contribution in [0.3, 0.4) is 0 Å². The largest absolute Gasteiger partial charge is 0.507 e. The van der Waals surface area contributed by atoms with Crippen LogP contribution in [0.2, 0.25) is 18.1 Å². The van der Waals surface area contributed by atoms with Gasteiger partial charge in [0.2, 0.25) is 11.6 Å². The number of hydrogen-bond donors (Lipinski definition) is 2. The lowest BCUT2D eigenvalue weighted by atomic mass is 9.57. The molecule has 0 spiro atoms. The zero-order chi connectivity index (χ0) is 35.2. The van der Waals surface area contributed by atoms with Crippen LogP contribution >= 0.6 is 0 Å². The molecule has 0 aliphatic heterocycles. The number of phenolic OH excluding ortho intramolecular Hbond substituents is 1. The fraction of sp³-hybridized carbons (Fsp3) is 0.410. The van der Waals surface area contributed by atoms with Crippen LogP contribution in [-0.4, -0.2) is 59.8 Å². The second-order valence-electron chi connectivity index (χ2n) is 15.5. The number of aliphatic hydroxyl groups excluding tert-OH is 1. The van der Waals surface area contributed by atoms with Crippen molar-refractivity contribution >= 4 is 36.4 Å². The van der Waals surface area contributed by atoms with E-state index in [1.807, 2.05) is 93.6 Å². The van der Waals surface area contributed by atoms with E-state index in [0.29, 0.717) is 35.1 Å². The van der Waals surface area contributed by atoms with Gasteiger partial charge in [0.15, 0.2) is 19.7 Å². The molecule has 0 bridgehead atoms. The third kappa shape index (κ3) is 4.82. The molecule has 1 saturated carbocycles. The molecule has 4 aromatic rings. The third-order valence-corrected chi connectivity index (χ3v) is 15.9. The summed E-state index contributed by atoms with van der Waals surface area (Å²) in [7, 11) is 0.926. The van der Waals surface area contributed by atoms with Crippen molar-refractivity contribution in [2.24, 2.45) is 11.8 Å². The number of fused-ring (bicyclic) bond motifs is 5. The molecule has 256 valence electrons. The molecule has 0 unspecified atom stereocenters. The van der Waals surface area contributed by atoms with Gasteiger partial charge >= 0.3 is 0 Å². The number of aromatic nitrogens is 1. The van der Waals surface area contributed by atoms with Gasteiger partial charge in [-0.25, -0.2) is 0 Å². The molecule has 1 fully saturated rings. The molecule has 7 rings (SSSR count). The maximum Gasteiger partial charge on any atom is 0.265 e. The molecule has 4 atom stereocenters. The number of nitrogens with zero attached hydrogens (tertiary/aromatic N) is 2. The summed E-state index contributed by atoms with van der Waals surface area (Å²) < 4.78 is 19.3. The van der Waals surface area contributed by atoms with Crippen LogP contribution in [0.15, 0.2) is 64.7 Å². The molecule has 3 aliphatic carbocycles. The van der Waals surface area contributed by atoms with Gasteiger partial charge in [-0.3, -0.25) is 14.5 Å². The molecule has 0 radical (unpaired) electrons. The van der Waals surface area contributed by atoms with Gasteiger partial charge < -0.3 is 23.9 Å². The van der Waals surface area contributed by atoms with Crippen LogP contribution in [-0.2, 0) is 22.2 Å². The lowest BCUT2D eigenvalue weighted by molar-refractivity contribution is -0.140. The SMILES string of the molecule is Cc1c2c(c(O)c3ccccc13)C[C@H]1C[C@H]3[C@H](N(C)C)c4onc(OCc5ccccc5)c4C(=O)[C@@]3(O[Si](C)(C)C(C)(C)C)C(=O)C1=C2O. The van der Waals surface area contributed by atoms with Crippen LogP contribution in [0.4, 0.5) is 0 Å². The Labute approximate surface area is 287 Å². The third-order valence-electron chi connectivity index (χ3n) is 11.4. The van der Waals surface area contributed by atoms with E-state index in [9.17, 15) is 10.2 Å². The number of ether oxygens (including phenoxy) is 1. The van der Waals surface area contributed by atoms with Gasteiger partial charge in [-0.1, -0.05) is 75.4 Å². The van der Waals surface area contributed by atoms with Gasteiger partial charge in [0.25, 0.3) is 5.88 Å². The predicted molar refractivity (Wildman–Crippen MR) is 189 cm³/mol. The minimum absolute atomic E-state index is 0.0155. The van der Waals surface area contributed by atoms with E-state index in [1.165, 1.54) is 0 Å². The Morgan fingerprint density at radius 3 is 2.29 bits per heavy atom. The number of aliphatic hydroxyl groups is 1. The molecule has 49 heavy (non-hydrogen) atoms. The van der Waals surface area contributed by atoms with E-state index < -0.39 is 43.4 Å². The molecule has 3 aliphatic rings. The van der Waals surface area contributed by atoms with Crippen molar-refractivity contribution in [2.75, 3.05) is 14.1 Å². The summed E-state index contributed by atoms with van der Waals surface area (Å²) in [6, 6.07) is 16.5. The van der Waals surface area contributed by atoms with Gasteiger partial charge in [-0.2, -0.15) is 0 Å². The highest BCUT2D eigenvalue weighted by Crippen LogP contribution is 2.59. The number of benzene rings is 3. The Balaban J connectivity index is 1.46. The normalized spacial score (nSPS) is 23.7. The number of carbonyl (C=O) groups excluding carboxylic acids is 2. The van der Waals surface area contributed by atoms with Crippen molar-refractivity contribution in [1.29, 1.82) is 0 Å². The van der Waals surface area contributed by atoms with Gasteiger partial charge in [0, 0.05) is 28.0 Å². The van der Waals surface area contributed by atoms with E-state index in [0.717, 1.165) is 16.5 Å². The zero-order valence-corrected chi connectivity index (χ0v) is 30.4. The summed E-state index contributed by atoms with van der Waals surface area (Å²) in [6.07, 6.45) is 0.660. The standard InChI is InChI=1S/C39H44N2O7Si/c1-21-24-16-12-13-17-25(24)32(42)26-18-23-19-27-31(41(5)6)34-30(37(40-47-34)46-20-22-14-10-9-11-15-22)36(45)39(27,48-49(7,8)38(2,3)4)35(44)29(23)33(43)28(21)26/h9-17,23,27,31,42-43H,18-20H2,1-8H3/t23-,27-,31-,39-/m0/s1. The van der Waals surface area contributed by atoms with Crippen molar-refractivity contribution in [3.05, 3.63) is 93.7 Å².